The van der Waals surface area contributed by atoms with Gasteiger partial charge in [0.15, 0.2) is 11.5 Å². The molecule has 0 atom stereocenters. The highest BCUT2D eigenvalue weighted by Crippen LogP contribution is 2.25. The van der Waals surface area contributed by atoms with Crippen molar-refractivity contribution in [3.05, 3.63) is 36.3 Å². The van der Waals surface area contributed by atoms with E-state index in [0.717, 1.165) is 42.6 Å². The van der Waals surface area contributed by atoms with Gasteiger partial charge in [-0.15, -0.1) is 20.4 Å². The van der Waals surface area contributed by atoms with E-state index < -0.39 is 0 Å². The molecule has 0 radical (unpaired) electrons. The zero-order valence-corrected chi connectivity index (χ0v) is 14.7. The van der Waals surface area contributed by atoms with Crippen molar-refractivity contribution in [1.29, 1.82) is 0 Å². The molecule has 1 N–H and O–H groups in total. The van der Waals surface area contributed by atoms with E-state index in [-0.39, 0.29) is 5.41 Å². The minimum atomic E-state index is 0.0335. The van der Waals surface area contributed by atoms with Gasteiger partial charge in [-0.3, -0.25) is 0 Å². The van der Waals surface area contributed by atoms with Crippen molar-refractivity contribution < 1.29 is 0 Å². The van der Waals surface area contributed by atoms with Crippen LogP contribution in [0.25, 0.3) is 5.65 Å². The summed E-state index contributed by atoms with van der Waals surface area (Å²) in [7, 11) is 0. The maximum Gasteiger partial charge on any atom is 0.177 e. The molecule has 4 rings (SSSR count). The van der Waals surface area contributed by atoms with Crippen LogP contribution in [0.1, 0.15) is 26.5 Å². The van der Waals surface area contributed by atoms with Crippen molar-refractivity contribution in [3.8, 4) is 0 Å². The van der Waals surface area contributed by atoms with E-state index >= 15 is 0 Å². The molecule has 0 bridgehead atoms. The summed E-state index contributed by atoms with van der Waals surface area (Å²) in [6.45, 7) is 9.27. The first-order valence-corrected chi connectivity index (χ1v) is 8.49. The second-order valence-corrected chi connectivity index (χ2v) is 7.53. The average molecular weight is 338 g/mol. The van der Waals surface area contributed by atoms with Crippen LogP contribution < -0.4 is 10.2 Å². The molecule has 3 aromatic rings. The first kappa shape index (κ1) is 15.7. The Hall–Kier alpha value is -2.77. The smallest absolute Gasteiger partial charge is 0.177 e. The molecule has 8 heteroatoms. The minimum absolute atomic E-state index is 0.0335. The highest BCUT2D eigenvalue weighted by molar-refractivity contribution is 5.44. The lowest BCUT2D eigenvalue weighted by atomic mass is 9.92. The van der Waals surface area contributed by atoms with Crippen LogP contribution in [-0.2, 0) is 5.41 Å². The number of anilines is 2. The zero-order valence-electron chi connectivity index (χ0n) is 14.7. The van der Waals surface area contributed by atoms with E-state index in [9.17, 15) is 0 Å². The molecule has 0 aliphatic carbocycles. The molecule has 0 saturated carbocycles. The summed E-state index contributed by atoms with van der Waals surface area (Å²) in [5.74, 6) is 2.36. The molecule has 1 saturated heterocycles. The van der Waals surface area contributed by atoms with Crippen LogP contribution >= 0.6 is 0 Å². The van der Waals surface area contributed by atoms with E-state index in [4.69, 9.17) is 0 Å². The van der Waals surface area contributed by atoms with E-state index in [1.807, 2.05) is 12.1 Å². The number of nitrogens with zero attached hydrogens (tertiary/aromatic N) is 7. The topological polar surface area (TPSA) is 84.1 Å². The Morgan fingerprint density at radius 1 is 1.08 bits per heavy atom. The summed E-state index contributed by atoms with van der Waals surface area (Å²) in [5.41, 5.74) is 1.80. The minimum Gasteiger partial charge on any atom is -0.368 e. The van der Waals surface area contributed by atoms with E-state index in [1.165, 1.54) is 0 Å². The molecule has 1 aliphatic rings. The fourth-order valence-corrected chi connectivity index (χ4v) is 2.85. The molecule has 130 valence electrons. The lowest BCUT2D eigenvalue weighted by molar-refractivity contribution is 0.424. The Kier molecular flexibility index (Phi) is 3.74. The quantitative estimate of drug-likeness (QED) is 0.776. The van der Waals surface area contributed by atoms with Crippen LogP contribution in [0.3, 0.4) is 0 Å². The van der Waals surface area contributed by atoms with Gasteiger partial charge in [0.25, 0.3) is 0 Å². The maximum atomic E-state index is 4.42. The van der Waals surface area contributed by atoms with Crippen LogP contribution in [-0.4, -0.2) is 49.6 Å². The Morgan fingerprint density at radius 2 is 1.92 bits per heavy atom. The fourth-order valence-electron chi connectivity index (χ4n) is 2.85. The first-order chi connectivity index (χ1) is 12.0. The van der Waals surface area contributed by atoms with Gasteiger partial charge in [-0.25, -0.2) is 0 Å². The van der Waals surface area contributed by atoms with Crippen molar-refractivity contribution >= 4 is 17.3 Å². The van der Waals surface area contributed by atoms with Crippen LogP contribution in [0.15, 0.2) is 30.6 Å². The Balaban J connectivity index is 1.30. The summed E-state index contributed by atoms with van der Waals surface area (Å²) in [4.78, 5) is 2.25. The Labute approximate surface area is 146 Å². The summed E-state index contributed by atoms with van der Waals surface area (Å²) in [6.07, 6.45) is 1.60. The summed E-state index contributed by atoms with van der Waals surface area (Å²) in [6, 6.07) is 7.98. The van der Waals surface area contributed by atoms with Gasteiger partial charge in [0.05, 0.1) is 5.69 Å². The van der Waals surface area contributed by atoms with Crippen molar-refractivity contribution in [3.63, 3.8) is 0 Å². The second-order valence-electron chi connectivity index (χ2n) is 7.53. The molecular formula is C17H22N8. The monoisotopic (exact) mass is 338 g/mol. The number of fused-ring (bicyclic) bond motifs is 1. The summed E-state index contributed by atoms with van der Waals surface area (Å²) >= 11 is 0. The van der Waals surface area contributed by atoms with Gasteiger partial charge in [0, 0.05) is 31.0 Å². The molecule has 3 aromatic heterocycles. The largest absolute Gasteiger partial charge is 0.368 e. The third kappa shape index (κ3) is 3.24. The number of rotatable bonds is 4. The van der Waals surface area contributed by atoms with Crippen molar-refractivity contribution in [2.24, 2.45) is 5.92 Å². The van der Waals surface area contributed by atoms with Crippen molar-refractivity contribution in [1.82, 2.24) is 30.0 Å². The second kappa shape index (κ2) is 5.94. The van der Waals surface area contributed by atoms with Crippen LogP contribution in [0, 0.1) is 5.92 Å². The van der Waals surface area contributed by atoms with Gasteiger partial charge in [0.1, 0.15) is 12.1 Å². The SMILES string of the molecule is CC(C)(C)c1ccc(N2CC(CNc3ccc4nncn4n3)C2)nn1. The predicted molar refractivity (Wildman–Crippen MR) is 95.7 cm³/mol. The van der Waals surface area contributed by atoms with E-state index in [2.05, 4.69) is 68.6 Å². The zero-order chi connectivity index (χ0) is 17.4. The van der Waals surface area contributed by atoms with E-state index in [1.54, 1.807) is 10.8 Å². The number of hydrogen-bond donors (Lipinski definition) is 1. The normalized spacial score (nSPS) is 15.4. The summed E-state index contributed by atoms with van der Waals surface area (Å²) in [5, 5.41) is 24.3. The molecule has 0 unspecified atom stereocenters. The Bertz CT molecular complexity index is 858. The molecule has 25 heavy (non-hydrogen) atoms. The van der Waals surface area contributed by atoms with Gasteiger partial charge < -0.3 is 10.2 Å². The first-order valence-electron chi connectivity index (χ1n) is 8.49. The maximum absolute atomic E-state index is 4.42. The van der Waals surface area contributed by atoms with Crippen LogP contribution in [0.2, 0.25) is 0 Å². The van der Waals surface area contributed by atoms with Gasteiger partial charge in [-0.1, -0.05) is 20.8 Å². The molecule has 1 fully saturated rings. The molecular weight excluding hydrogens is 316 g/mol. The van der Waals surface area contributed by atoms with Crippen molar-refractivity contribution in [2.75, 3.05) is 29.9 Å². The van der Waals surface area contributed by atoms with Gasteiger partial charge >= 0.3 is 0 Å². The van der Waals surface area contributed by atoms with Crippen molar-refractivity contribution in [2.45, 2.75) is 26.2 Å². The molecule has 0 spiro atoms. The van der Waals surface area contributed by atoms with Gasteiger partial charge in [-0.2, -0.15) is 9.61 Å². The predicted octanol–water partition coefficient (Wildman–Crippen LogP) is 1.76. The molecule has 0 amide bonds. The number of nitrogens with one attached hydrogen (secondary N) is 1. The van der Waals surface area contributed by atoms with E-state index in [0.29, 0.717) is 5.92 Å². The molecule has 8 nitrogen and oxygen atoms in total. The highest BCUT2D eigenvalue weighted by Gasteiger charge is 2.28. The fraction of sp³-hybridized carbons (Fsp3) is 0.471. The number of aromatic nitrogens is 6. The summed E-state index contributed by atoms with van der Waals surface area (Å²) < 4.78 is 1.67. The molecule has 4 heterocycles. The Morgan fingerprint density at radius 3 is 2.64 bits per heavy atom. The lowest BCUT2D eigenvalue weighted by Gasteiger charge is -2.40. The standard InChI is InChI=1S/C17H22N8/c1-17(2,3)13-4-6-15(22-20-13)24-9-12(10-24)8-18-14-5-7-16-21-19-11-25(16)23-14/h4-7,11-12H,8-10H2,1-3H3,(H,18,23). The lowest BCUT2D eigenvalue weighted by Crippen LogP contribution is -2.50. The van der Waals surface area contributed by atoms with Crippen LogP contribution in [0.5, 0.6) is 0 Å². The third-order valence-electron chi connectivity index (χ3n) is 4.43. The average Bonchev–Trinajstić information content (AvgIpc) is 3.00. The number of hydrogen-bond acceptors (Lipinski definition) is 7. The molecule has 0 aromatic carbocycles. The third-order valence-corrected chi connectivity index (χ3v) is 4.43. The molecule has 1 aliphatic heterocycles. The van der Waals surface area contributed by atoms with Gasteiger partial charge in [0.2, 0.25) is 0 Å². The van der Waals surface area contributed by atoms with Gasteiger partial charge in [-0.05, 0) is 24.3 Å². The van der Waals surface area contributed by atoms with Crippen LogP contribution in [0.4, 0.5) is 11.6 Å². The highest BCUT2D eigenvalue weighted by atomic mass is 15.4.